The zero-order valence-corrected chi connectivity index (χ0v) is 10.4. The summed E-state index contributed by atoms with van der Waals surface area (Å²) in [6, 6.07) is 1.09. The lowest BCUT2D eigenvalue weighted by atomic mass is 9.90. The predicted molar refractivity (Wildman–Crippen MR) is 61.4 cm³/mol. The fraction of sp³-hybridized carbons (Fsp3) is 0.923. The Hall–Kier alpha value is -0.530. The van der Waals surface area contributed by atoms with E-state index in [-0.39, 0.29) is 0 Å². The largest absolute Gasteiger partial charge is 0.336 e. The van der Waals surface area contributed by atoms with Crippen LogP contribution in [0.25, 0.3) is 0 Å². The molecule has 0 aromatic carbocycles. The maximum absolute atomic E-state index is 12.3. The Kier molecular flexibility index (Phi) is 2.78. The van der Waals surface area contributed by atoms with E-state index in [0.717, 1.165) is 6.42 Å². The van der Waals surface area contributed by atoms with Crippen LogP contribution in [-0.4, -0.2) is 22.9 Å². The number of rotatable bonds is 2. The first kappa shape index (κ1) is 11.0. The lowest BCUT2D eigenvalue weighted by Crippen LogP contribution is -2.39. The van der Waals surface area contributed by atoms with E-state index in [1.54, 1.807) is 0 Å². The first-order chi connectivity index (χ1) is 7.02. The van der Waals surface area contributed by atoms with Crippen molar-refractivity contribution in [3.63, 3.8) is 0 Å². The molecule has 0 N–H and O–H groups in total. The number of carbonyl (C=O) groups is 1. The highest BCUT2D eigenvalue weighted by atomic mass is 16.2. The Morgan fingerprint density at radius 3 is 2.33 bits per heavy atom. The van der Waals surface area contributed by atoms with Gasteiger partial charge in [0.15, 0.2) is 0 Å². The van der Waals surface area contributed by atoms with Gasteiger partial charge in [-0.15, -0.1) is 0 Å². The van der Waals surface area contributed by atoms with Gasteiger partial charge in [-0.2, -0.15) is 0 Å². The Balaban J connectivity index is 2.14. The second kappa shape index (κ2) is 3.80. The van der Waals surface area contributed by atoms with Crippen LogP contribution < -0.4 is 0 Å². The normalized spacial score (nSPS) is 35.7. The molecule has 2 aliphatic heterocycles. The molecule has 0 unspecified atom stereocenters. The summed E-state index contributed by atoms with van der Waals surface area (Å²) in [5, 5.41) is 0. The molecule has 2 rings (SSSR count). The van der Waals surface area contributed by atoms with Crippen LogP contribution in [-0.2, 0) is 4.79 Å². The third-order valence-electron chi connectivity index (χ3n) is 4.22. The average Bonchev–Trinajstić information content (AvgIpc) is 2.66. The Labute approximate surface area is 93.0 Å². The predicted octanol–water partition coefficient (Wildman–Crippen LogP) is 2.68. The number of hydrogen-bond acceptors (Lipinski definition) is 1. The molecule has 2 saturated heterocycles. The van der Waals surface area contributed by atoms with E-state index in [0.29, 0.717) is 35.7 Å². The van der Waals surface area contributed by atoms with Crippen molar-refractivity contribution in [3.8, 4) is 0 Å². The van der Waals surface area contributed by atoms with Gasteiger partial charge in [0.1, 0.15) is 0 Å². The highest BCUT2D eigenvalue weighted by molar-refractivity contribution is 5.82. The lowest BCUT2D eigenvalue weighted by Gasteiger charge is -2.28. The minimum Gasteiger partial charge on any atom is -0.336 e. The van der Waals surface area contributed by atoms with Crippen LogP contribution in [0, 0.1) is 17.8 Å². The van der Waals surface area contributed by atoms with Crippen molar-refractivity contribution in [3.05, 3.63) is 0 Å². The van der Waals surface area contributed by atoms with E-state index in [2.05, 4.69) is 32.6 Å². The average molecular weight is 209 g/mol. The van der Waals surface area contributed by atoms with Gasteiger partial charge in [-0.05, 0) is 31.1 Å². The van der Waals surface area contributed by atoms with Gasteiger partial charge in [-0.3, -0.25) is 4.79 Å². The first-order valence-corrected chi connectivity index (χ1v) is 6.34. The summed E-state index contributed by atoms with van der Waals surface area (Å²) in [6.07, 6.45) is 3.57. The molecule has 2 nitrogen and oxygen atoms in total. The van der Waals surface area contributed by atoms with Gasteiger partial charge in [-0.1, -0.05) is 27.7 Å². The fourth-order valence-electron chi connectivity index (χ4n) is 3.28. The third kappa shape index (κ3) is 1.68. The van der Waals surface area contributed by atoms with E-state index in [1.807, 2.05) is 0 Å². The third-order valence-corrected chi connectivity index (χ3v) is 4.22. The van der Waals surface area contributed by atoms with Crippen molar-refractivity contribution in [2.45, 2.75) is 59.0 Å². The molecule has 0 aromatic rings. The number of hydrogen-bond donors (Lipinski definition) is 0. The quantitative estimate of drug-likeness (QED) is 0.684. The molecule has 0 bridgehead atoms. The second-order valence-corrected chi connectivity index (χ2v) is 5.87. The van der Waals surface area contributed by atoms with Crippen molar-refractivity contribution in [1.82, 2.24) is 4.90 Å². The van der Waals surface area contributed by atoms with Crippen molar-refractivity contribution < 1.29 is 4.79 Å². The van der Waals surface area contributed by atoms with Crippen molar-refractivity contribution in [2.75, 3.05) is 0 Å². The molecule has 3 atom stereocenters. The van der Waals surface area contributed by atoms with E-state index in [4.69, 9.17) is 0 Å². The summed E-state index contributed by atoms with van der Waals surface area (Å²) in [7, 11) is 0. The van der Waals surface area contributed by atoms with Crippen LogP contribution in [0.2, 0.25) is 0 Å². The second-order valence-electron chi connectivity index (χ2n) is 5.87. The van der Waals surface area contributed by atoms with Crippen LogP contribution in [0.4, 0.5) is 0 Å². The Bertz CT molecular complexity index is 259. The topological polar surface area (TPSA) is 20.3 Å². The lowest BCUT2D eigenvalue weighted by molar-refractivity contribution is -0.134. The highest BCUT2D eigenvalue weighted by Gasteiger charge is 2.47. The van der Waals surface area contributed by atoms with Crippen LogP contribution in [0.15, 0.2) is 0 Å². The standard InChI is InChI=1S/C13H23NO/c1-8(2)11-7-10-5-6-12(9(3)4)14(10)13(11)15/h8-12H,5-7H2,1-4H3/t10-,11-,12+/m1/s1. The van der Waals surface area contributed by atoms with Crippen LogP contribution >= 0.6 is 0 Å². The van der Waals surface area contributed by atoms with Gasteiger partial charge in [-0.25, -0.2) is 0 Å². The van der Waals surface area contributed by atoms with Crippen LogP contribution in [0.5, 0.6) is 0 Å². The molecule has 2 aliphatic rings. The van der Waals surface area contributed by atoms with Crippen molar-refractivity contribution in [2.24, 2.45) is 17.8 Å². The minimum absolute atomic E-state index is 0.302. The molecular formula is C13H23NO. The van der Waals surface area contributed by atoms with E-state index < -0.39 is 0 Å². The molecule has 1 amide bonds. The first-order valence-electron chi connectivity index (χ1n) is 6.34. The summed E-state index contributed by atoms with van der Waals surface area (Å²) in [5.74, 6) is 1.86. The molecule has 86 valence electrons. The van der Waals surface area contributed by atoms with Gasteiger partial charge in [0.2, 0.25) is 5.91 Å². The Morgan fingerprint density at radius 2 is 1.80 bits per heavy atom. The molecule has 0 saturated carbocycles. The van der Waals surface area contributed by atoms with E-state index >= 15 is 0 Å². The summed E-state index contributed by atoms with van der Waals surface area (Å²) in [6.45, 7) is 8.83. The molecular weight excluding hydrogens is 186 g/mol. The minimum atomic E-state index is 0.302. The maximum Gasteiger partial charge on any atom is 0.226 e. The fourth-order valence-corrected chi connectivity index (χ4v) is 3.28. The molecule has 0 aliphatic carbocycles. The molecule has 2 fully saturated rings. The summed E-state index contributed by atoms with van der Waals surface area (Å²) >= 11 is 0. The van der Waals surface area contributed by atoms with E-state index in [9.17, 15) is 4.79 Å². The van der Waals surface area contributed by atoms with Crippen LogP contribution in [0.1, 0.15) is 47.0 Å². The zero-order chi connectivity index (χ0) is 11.2. The Morgan fingerprint density at radius 1 is 1.13 bits per heavy atom. The molecule has 0 aromatic heterocycles. The van der Waals surface area contributed by atoms with Gasteiger partial charge in [0, 0.05) is 18.0 Å². The number of amides is 1. The van der Waals surface area contributed by atoms with Crippen LogP contribution in [0.3, 0.4) is 0 Å². The smallest absolute Gasteiger partial charge is 0.226 e. The monoisotopic (exact) mass is 209 g/mol. The summed E-state index contributed by atoms with van der Waals surface area (Å²) in [4.78, 5) is 14.5. The maximum atomic E-state index is 12.3. The molecule has 2 heteroatoms. The summed E-state index contributed by atoms with van der Waals surface area (Å²) < 4.78 is 0. The SMILES string of the molecule is CC(C)[C@H]1C[C@H]2CC[C@@H](C(C)C)N2C1=O. The summed E-state index contributed by atoms with van der Waals surface area (Å²) in [5.41, 5.74) is 0. The van der Waals surface area contributed by atoms with E-state index in [1.165, 1.54) is 12.8 Å². The van der Waals surface area contributed by atoms with Crippen molar-refractivity contribution in [1.29, 1.82) is 0 Å². The molecule has 15 heavy (non-hydrogen) atoms. The number of fused-ring (bicyclic) bond motifs is 1. The molecule has 2 heterocycles. The molecule has 0 spiro atoms. The number of nitrogens with zero attached hydrogens (tertiary/aromatic N) is 1. The van der Waals surface area contributed by atoms with Gasteiger partial charge in [0.05, 0.1) is 0 Å². The van der Waals surface area contributed by atoms with Gasteiger partial charge < -0.3 is 4.90 Å². The molecule has 0 radical (unpaired) electrons. The highest BCUT2D eigenvalue weighted by Crippen LogP contribution is 2.41. The number of carbonyl (C=O) groups excluding carboxylic acids is 1. The zero-order valence-electron chi connectivity index (χ0n) is 10.4. The van der Waals surface area contributed by atoms with Gasteiger partial charge >= 0.3 is 0 Å². The van der Waals surface area contributed by atoms with Gasteiger partial charge in [0.25, 0.3) is 0 Å². The van der Waals surface area contributed by atoms with Crippen molar-refractivity contribution >= 4 is 5.91 Å².